The Morgan fingerprint density at radius 2 is 1.94 bits per heavy atom. The van der Waals surface area contributed by atoms with Gasteiger partial charge in [-0.3, -0.25) is 0 Å². The van der Waals surface area contributed by atoms with Crippen molar-refractivity contribution >= 4 is 0 Å². The van der Waals surface area contributed by atoms with Gasteiger partial charge in [0.1, 0.15) is 5.82 Å². The van der Waals surface area contributed by atoms with Crippen LogP contribution >= 0.6 is 0 Å². The number of H-pyrrole nitrogens is 1. The molecule has 3 nitrogen and oxygen atoms in total. The zero-order valence-electron chi connectivity index (χ0n) is 8.62. The van der Waals surface area contributed by atoms with Crippen LogP contribution in [0.3, 0.4) is 0 Å². The summed E-state index contributed by atoms with van der Waals surface area (Å²) in [5.74, 6) is 0.0991. The van der Waals surface area contributed by atoms with Crippen LogP contribution in [0, 0.1) is 0 Å². The van der Waals surface area contributed by atoms with Crippen LogP contribution in [-0.4, -0.2) is 15.1 Å². The molecule has 1 aromatic heterocycles. The van der Waals surface area contributed by atoms with Crippen molar-refractivity contribution in [3.63, 3.8) is 0 Å². The molecule has 0 saturated carbocycles. The third-order valence-electron chi connectivity index (χ3n) is 2.29. The first-order valence-corrected chi connectivity index (χ1v) is 4.83. The lowest BCUT2D eigenvalue weighted by molar-refractivity contribution is -0.137. The highest BCUT2D eigenvalue weighted by Gasteiger charge is 2.33. The maximum atomic E-state index is 12.7. The third kappa shape index (κ3) is 2.31. The third-order valence-corrected chi connectivity index (χ3v) is 2.29. The summed E-state index contributed by atoms with van der Waals surface area (Å²) in [7, 11) is 0. The van der Waals surface area contributed by atoms with Crippen molar-refractivity contribution < 1.29 is 18.3 Å². The minimum atomic E-state index is -4.43. The Kier molecular flexibility index (Phi) is 2.89. The van der Waals surface area contributed by atoms with E-state index in [0.29, 0.717) is 5.69 Å². The zero-order valence-corrected chi connectivity index (χ0v) is 8.62. The molecule has 0 spiro atoms. The number of hydrogen-bond donors (Lipinski definition) is 2. The van der Waals surface area contributed by atoms with Gasteiger partial charge in [0.25, 0.3) is 0 Å². The quantitative estimate of drug-likeness (QED) is 0.850. The van der Waals surface area contributed by atoms with E-state index in [4.69, 9.17) is 5.11 Å². The van der Waals surface area contributed by atoms with Crippen LogP contribution in [0.15, 0.2) is 30.5 Å². The molecule has 0 aliphatic carbocycles. The van der Waals surface area contributed by atoms with Crippen molar-refractivity contribution in [2.24, 2.45) is 0 Å². The topological polar surface area (TPSA) is 48.9 Å². The number of hydrogen-bond acceptors (Lipinski definition) is 2. The molecule has 1 heterocycles. The highest BCUT2D eigenvalue weighted by molar-refractivity contribution is 5.61. The normalized spacial score (nSPS) is 11.8. The number of imidazole rings is 1. The van der Waals surface area contributed by atoms with Gasteiger partial charge in [-0.05, 0) is 6.07 Å². The van der Waals surface area contributed by atoms with E-state index in [9.17, 15) is 13.2 Å². The van der Waals surface area contributed by atoms with Gasteiger partial charge in [0.15, 0.2) is 0 Å². The number of halogens is 3. The molecule has 6 heteroatoms. The van der Waals surface area contributed by atoms with Crippen molar-refractivity contribution in [3.05, 3.63) is 41.7 Å². The van der Waals surface area contributed by atoms with Gasteiger partial charge < -0.3 is 10.1 Å². The van der Waals surface area contributed by atoms with Crippen LogP contribution in [0.2, 0.25) is 0 Å². The highest BCUT2D eigenvalue weighted by Crippen LogP contribution is 2.35. The average molecular weight is 242 g/mol. The lowest BCUT2D eigenvalue weighted by atomic mass is 10.1. The summed E-state index contributed by atoms with van der Waals surface area (Å²) in [5, 5.41) is 8.83. The molecular formula is C11H9F3N2O. The monoisotopic (exact) mass is 242 g/mol. The van der Waals surface area contributed by atoms with E-state index in [2.05, 4.69) is 9.97 Å². The first-order valence-electron chi connectivity index (χ1n) is 4.83. The van der Waals surface area contributed by atoms with E-state index in [-0.39, 0.29) is 18.0 Å². The summed E-state index contributed by atoms with van der Waals surface area (Å²) in [5.41, 5.74) is -0.407. The second kappa shape index (κ2) is 4.21. The SMILES string of the molecule is OCc1cnc(-c2ccccc2C(F)(F)F)[nH]1. The van der Waals surface area contributed by atoms with Gasteiger partial charge in [0, 0.05) is 5.56 Å². The number of nitrogens with zero attached hydrogens (tertiary/aromatic N) is 1. The Morgan fingerprint density at radius 3 is 2.53 bits per heavy atom. The van der Waals surface area contributed by atoms with Gasteiger partial charge in [0.2, 0.25) is 0 Å². The number of aliphatic hydroxyl groups excluding tert-OH is 1. The molecule has 2 rings (SSSR count). The highest BCUT2D eigenvalue weighted by atomic mass is 19.4. The van der Waals surface area contributed by atoms with Gasteiger partial charge in [-0.1, -0.05) is 18.2 Å². The van der Waals surface area contributed by atoms with Crippen LogP contribution in [-0.2, 0) is 12.8 Å². The lowest BCUT2D eigenvalue weighted by Gasteiger charge is -2.10. The Labute approximate surface area is 94.9 Å². The second-order valence-electron chi connectivity index (χ2n) is 3.46. The summed E-state index contributed by atoms with van der Waals surface area (Å²) in [6.07, 6.45) is -3.12. The van der Waals surface area contributed by atoms with E-state index >= 15 is 0 Å². The molecule has 0 fully saturated rings. The fraction of sp³-hybridized carbons (Fsp3) is 0.182. The van der Waals surface area contributed by atoms with Crippen molar-refractivity contribution in [3.8, 4) is 11.4 Å². The van der Waals surface area contributed by atoms with Gasteiger partial charge in [0.05, 0.1) is 24.1 Å². The van der Waals surface area contributed by atoms with Gasteiger partial charge >= 0.3 is 6.18 Å². The van der Waals surface area contributed by atoms with Gasteiger partial charge in [-0.2, -0.15) is 13.2 Å². The number of aromatic amines is 1. The largest absolute Gasteiger partial charge is 0.417 e. The predicted octanol–water partition coefficient (Wildman–Crippen LogP) is 2.59. The molecule has 2 N–H and O–H groups in total. The fourth-order valence-electron chi connectivity index (χ4n) is 1.51. The minimum Gasteiger partial charge on any atom is -0.390 e. The number of rotatable bonds is 2. The molecule has 0 unspecified atom stereocenters. The van der Waals surface area contributed by atoms with E-state index in [0.717, 1.165) is 6.07 Å². The van der Waals surface area contributed by atoms with Crippen molar-refractivity contribution in [2.75, 3.05) is 0 Å². The molecule has 0 saturated heterocycles. The fourth-order valence-corrected chi connectivity index (χ4v) is 1.51. The van der Waals surface area contributed by atoms with E-state index in [1.807, 2.05) is 0 Å². The number of aromatic nitrogens is 2. The molecule has 1 aromatic carbocycles. The smallest absolute Gasteiger partial charge is 0.390 e. The van der Waals surface area contributed by atoms with Crippen LogP contribution < -0.4 is 0 Å². The average Bonchev–Trinajstić information content (AvgIpc) is 2.76. The van der Waals surface area contributed by atoms with Crippen LogP contribution in [0.4, 0.5) is 13.2 Å². The minimum absolute atomic E-state index is 0.0281. The first-order chi connectivity index (χ1) is 8.02. The number of alkyl halides is 3. The molecule has 90 valence electrons. The lowest BCUT2D eigenvalue weighted by Crippen LogP contribution is -2.07. The summed E-state index contributed by atoms with van der Waals surface area (Å²) in [4.78, 5) is 6.45. The van der Waals surface area contributed by atoms with Crippen molar-refractivity contribution in [1.82, 2.24) is 9.97 Å². The molecule has 0 aliphatic rings. The Morgan fingerprint density at radius 1 is 1.24 bits per heavy atom. The Bertz CT molecular complexity index is 519. The Hall–Kier alpha value is -1.82. The molecule has 0 amide bonds. The zero-order chi connectivity index (χ0) is 12.5. The summed E-state index contributed by atoms with van der Waals surface area (Å²) in [6, 6.07) is 5.16. The van der Waals surface area contributed by atoms with Crippen LogP contribution in [0.5, 0.6) is 0 Å². The maximum Gasteiger partial charge on any atom is 0.417 e. The summed E-state index contributed by atoms with van der Waals surface area (Å²) >= 11 is 0. The van der Waals surface area contributed by atoms with E-state index in [1.165, 1.54) is 24.4 Å². The summed E-state index contributed by atoms with van der Waals surface area (Å²) in [6.45, 7) is -0.290. The molecule has 0 radical (unpaired) electrons. The Balaban J connectivity index is 2.52. The molecular weight excluding hydrogens is 233 g/mol. The molecule has 17 heavy (non-hydrogen) atoms. The number of nitrogens with one attached hydrogen (secondary N) is 1. The molecule has 2 aromatic rings. The maximum absolute atomic E-state index is 12.7. The second-order valence-corrected chi connectivity index (χ2v) is 3.46. The van der Waals surface area contributed by atoms with Gasteiger partial charge in [-0.15, -0.1) is 0 Å². The van der Waals surface area contributed by atoms with Crippen molar-refractivity contribution in [1.29, 1.82) is 0 Å². The predicted molar refractivity (Wildman–Crippen MR) is 54.9 cm³/mol. The number of aliphatic hydroxyl groups is 1. The van der Waals surface area contributed by atoms with Gasteiger partial charge in [-0.25, -0.2) is 4.98 Å². The standard InChI is InChI=1S/C11H9F3N2O/c12-11(13,14)9-4-2-1-3-8(9)10-15-5-7(6-17)16-10/h1-5,17H,6H2,(H,15,16). The first kappa shape index (κ1) is 11.7. The molecule has 0 atom stereocenters. The van der Waals surface area contributed by atoms with Crippen molar-refractivity contribution in [2.45, 2.75) is 12.8 Å². The van der Waals surface area contributed by atoms with E-state index < -0.39 is 11.7 Å². The number of benzene rings is 1. The van der Waals surface area contributed by atoms with Crippen LogP contribution in [0.25, 0.3) is 11.4 Å². The molecule has 0 bridgehead atoms. The molecule has 0 aliphatic heterocycles. The van der Waals surface area contributed by atoms with Crippen LogP contribution in [0.1, 0.15) is 11.3 Å². The van der Waals surface area contributed by atoms with E-state index in [1.54, 1.807) is 0 Å². The summed E-state index contributed by atoms with van der Waals surface area (Å²) < 4.78 is 38.2.